The van der Waals surface area contributed by atoms with Crippen LogP contribution >= 0.6 is 0 Å². The SMILES string of the molecule is COc1ccc(CCc2nnc(CCC(=O)N3CCC[C@@H](OC)C3)o2)cc1. The van der Waals surface area contributed by atoms with E-state index in [0.29, 0.717) is 37.6 Å². The molecule has 0 bridgehead atoms. The minimum Gasteiger partial charge on any atom is -0.497 e. The van der Waals surface area contributed by atoms with Crippen molar-refractivity contribution in [2.24, 2.45) is 0 Å². The standard InChI is InChI=1S/C20H27N3O4/c1-25-16-8-5-15(6-9-16)7-10-18-21-22-19(27-18)11-12-20(24)23-13-3-4-17(14-23)26-2/h5-6,8-9,17H,3-4,7,10-14H2,1-2H3/t17-/m1/s1. The summed E-state index contributed by atoms with van der Waals surface area (Å²) in [5.74, 6) is 2.09. The molecule has 2 heterocycles. The third-order valence-corrected chi connectivity index (χ3v) is 4.91. The van der Waals surface area contributed by atoms with Crippen molar-refractivity contribution in [1.29, 1.82) is 0 Å². The van der Waals surface area contributed by atoms with Crippen molar-refractivity contribution in [3.8, 4) is 5.75 Å². The number of benzene rings is 1. The average molecular weight is 373 g/mol. The Labute approximate surface area is 159 Å². The minimum atomic E-state index is 0.120. The van der Waals surface area contributed by atoms with Gasteiger partial charge in [-0.2, -0.15) is 0 Å². The topological polar surface area (TPSA) is 77.7 Å². The van der Waals surface area contributed by atoms with E-state index in [9.17, 15) is 4.79 Å². The molecule has 0 saturated carbocycles. The molecule has 2 aromatic rings. The lowest BCUT2D eigenvalue weighted by Gasteiger charge is -2.31. The second-order valence-electron chi connectivity index (χ2n) is 6.78. The van der Waals surface area contributed by atoms with Gasteiger partial charge in [-0.05, 0) is 37.0 Å². The first kappa shape index (κ1) is 19.4. The number of nitrogens with zero attached hydrogens (tertiary/aromatic N) is 3. The number of piperidine rings is 1. The molecule has 3 rings (SSSR count). The Morgan fingerprint density at radius 1 is 1.15 bits per heavy atom. The minimum absolute atomic E-state index is 0.120. The van der Waals surface area contributed by atoms with E-state index in [1.807, 2.05) is 29.2 Å². The Morgan fingerprint density at radius 2 is 1.89 bits per heavy atom. The molecule has 0 N–H and O–H groups in total. The van der Waals surface area contributed by atoms with E-state index in [2.05, 4.69) is 10.2 Å². The van der Waals surface area contributed by atoms with Gasteiger partial charge in [-0.15, -0.1) is 10.2 Å². The first-order valence-corrected chi connectivity index (χ1v) is 9.42. The fourth-order valence-corrected chi connectivity index (χ4v) is 3.26. The normalized spacial score (nSPS) is 17.1. The van der Waals surface area contributed by atoms with Gasteiger partial charge in [0, 0.05) is 39.5 Å². The number of carbonyl (C=O) groups is 1. The van der Waals surface area contributed by atoms with Crippen LogP contribution < -0.4 is 4.74 Å². The van der Waals surface area contributed by atoms with E-state index in [0.717, 1.165) is 31.6 Å². The molecule has 7 heteroatoms. The van der Waals surface area contributed by atoms with Gasteiger partial charge in [0.05, 0.1) is 13.2 Å². The molecule has 7 nitrogen and oxygen atoms in total. The Hall–Kier alpha value is -2.41. The number of aromatic nitrogens is 2. The molecule has 146 valence electrons. The van der Waals surface area contributed by atoms with Gasteiger partial charge in [0.25, 0.3) is 0 Å². The van der Waals surface area contributed by atoms with Crippen molar-refractivity contribution in [2.45, 2.75) is 44.6 Å². The lowest BCUT2D eigenvalue weighted by molar-refractivity contribution is -0.134. The van der Waals surface area contributed by atoms with Gasteiger partial charge in [0.2, 0.25) is 17.7 Å². The quantitative estimate of drug-likeness (QED) is 0.707. The summed E-state index contributed by atoms with van der Waals surface area (Å²) >= 11 is 0. The van der Waals surface area contributed by atoms with Gasteiger partial charge in [0.15, 0.2) is 0 Å². The Balaban J connectivity index is 1.44. The lowest BCUT2D eigenvalue weighted by atomic mass is 10.1. The van der Waals surface area contributed by atoms with E-state index in [1.54, 1.807) is 14.2 Å². The van der Waals surface area contributed by atoms with Gasteiger partial charge in [-0.1, -0.05) is 12.1 Å². The Kier molecular flexibility index (Phi) is 6.81. The van der Waals surface area contributed by atoms with Gasteiger partial charge >= 0.3 is 0 Å². The van der Waals surface area contributed by atoms with Crippen LogP contribution in [0.5, 0.6) is 5.75 Å². The van der Waals surface area contributed by atoms with E-state index in [-0.39, 0.29) is 12.0 Å². The number of hydrogen-bond donors (Lipinski definition) is 0. The predicted octanol–water partition coefficient (Wildman–Crippen LogP) is 2.43. The third-order valence-electron chi connectivity index (χ3n) is 4.91. The number of amides is 1. The summed E-state index contributed by atoms with van der Waals surface area (Å²) in [4.78, 5) is 14.2. The summed E-state index contributed by atoms with van der Waals surface area (Å²) in [6.07, 6.45) is 4.50. The van der Waals surface area contributed by atoms with Crippen molar-refractivity contribution >= 4 is 5.91 Å². The van der Waals surface area contributed by atoms with E-state index in [1.165, 1.54) is 5.56 Å². The van der Waals surface area contributed by atoms with E-state index >= 15 is 0 Å². The van der Waals surface area contributed by atoms with Crippen LogP contribution in [0.3, 0.4) is 0 Å². The monoisotopic (exact) mass is 373 g/mol. The molecule has 0 spiro atoms. The fraction of sp³-hybridized carbons (Fsp3) is 0.550. The van der Waals surface area contributed by atoms with Crippen LogP contribution in [0.15, 0.2) is 28.7 Å². The van der Waals surface area contributed by atoms with Crippen molar-refractivity contribution in [3.05, 3.63) is 41.6 Å². The predicted molar refractivity (Wildman–Crippen MR) is 99.6 cm³/mol. The largest absolute Gasteiger partial charge is 0.497 e. The maximum atomic E-state index is 12.4. The van der Waals surface area contributed by atoms with E-state index < -0.39 is 0 Å². The van der Waals surface area contributed by atoms with Crippen molar-refractivity contribution in [1.82, 2.24) is 15.1 Å². The maximum Gasteiger partial charge on any atom is 0.223 e. The van der Waals surface area contributed by atoms with Crippen LogP contribution in [-0.4, -0.2) is 54.4 Å². The fourth-order valence-electron chi connectivity index (χ4n) is 3.26. The molecule has 1 aliphatic rings. The van der Waals surface area contributed by atoms with Crippen molar-refractivity contribution in [2.75, 3.05) is 27.3 Å². The summed E-state index contributed by atoms with van der Waals surface area (Å²) in [5.41, 5.74) is 1.18. The number of ether oxygens (including phenoxy) is 2. The van der Waals surface area contributed by atoms with Crippen LogP contribution in [0.1, 0.15) is 36.6 Å². The summed E-state index contributed by atoms with van der Waals surface area (Å²) in [6.45, 7) is 1.47. The molecule has 0 aliphatic carbocycles. The molecule has 1 atom stereocenters. The van der Waals surface area contributed by atoms with Crippen LogP contribution in [0.25, 0.3) is 0 Å². The number of methoxy groups -OCH3 is 2. The number of hydrogen-bond acceptors (Lipinski definition) is 6. The molecule has 27 heavy (non-hydrogen) atoms. The van der Waals surface area contributed by atoms with Crippen LogP contribution in [-0.2, 0) is 28.8 Å². The van der Waals surface area contributed by atoms with Crippen LogP contribution in [0.2, 0.25) is 0 Å². The van der Waals surface area contributed by atoms with Crippen molar-refractivity contribution < 1.29 is 18.7 Å². The number of rotatable bonds is 8. The maximum absolute atomic E-state index is 12.4. The average Bonchev–Trinajstić information content (AvgIpc) is 3.18. The lowest BCUT2D eigenvalue weighted by Crippen LogP contribution is -2.42. The molecule has 0 unspecified atom stereocenters. The third kappa shape index (κ3) is 5.53. The highest BCUT2D eigenvalue weighted by molar-refractivity contribution is 5.76. The Bertz CT molecular complexity index is 729. The van der Waals surface area contributed by atoms with Crippen molar-refractivity contribution in [3.63, 3.8) is 0 Å². The second kappa shape index (κ2) is 9.50. The van der Waals surface area contributed by atoms with E-state index in [4.69, 9.17) is 13.9 Å². The summed E-state index contributed by atoms with van der Waals surface area (Å²) < 4.78 is 16.2. The summed E-state index contributed by atoms with van der Waals surface area (Å²) in [7, 11) is 3.35. The zero-order valence-electron chi connectivity index (χ0n) is 16.0. The highest BCUT2D eigenvalue weighted by Gasteiger charge is 2.23. The summed E-state index contributed by atoms with van der Waals surface area (Å²) in [5, 5.41) is 8.17. The van der Waals surface area contributed by atoms with Crippen LogP contribution in [0, 0.1) is 0 Å². The first-order valence-electron chi connectivity index (χ1n) is 9.42. The first-order chi connectivity index (χ1) is 13.2. The number of aryl methyl sites for hydroxylation is 3. The van der Waals surface area contributed by atoms with Gasteiger partial charge in [-0.3, -0.25) is 4.79 Å². The molecule has 1 aromatic carbocycles. The van der Waals surface area contributed by atoms with Gasteiger partial charge in [0.1, 0.15) is 5.75 Å². The molecule has 1 amide bonds. The Morgan fingerprint density at radius 3 is 2.59 bits per heavy atom. The summed E-state index contributed by atoms with van der Waals surface area (Å²) in [6, 6.07) is 7.94. The molecule has 1 saturated heterocycles. The second-order valence-corrected chi connectivity index (χ2v) is 6.78. The van der Waals surface area contributed by atoms with Gasteiger partial charge in [-0.25, -0.2) is 0 Å². The smallest absolute Gasteiger partial charge is 0.223 e. The molecule has 1 aromatic heterocycles. The molecular weight excluding hydrogens is 346 g/mol. The molecule has 0 radical (unpaired) electrons. The van der Waals surface area contributed by atoms with Gasteiger partial charge < -0.3 is 18.8 Å². The number of likely N-dealkylation sites (tertiary alicyclic amines) is 1. The molecule has 1 fully saturated rings. The highest BCUT2D eigenvalue weighted by atomic mass is 16.5. The zero-order valence-corrected chi connectivity index (χ0v) is 16.0. The highest BCUT2D eigenvalue weighted by Crippen LogP contribution is 2.15. The van der Waals surface area contributed by atoms with Crippen LogP contribution in [0.4, 0.5) is 0 Å². The molecular formula is C20H27N3O4. The zero-order chi connectivity index (χ0) is 19.1. The number of carbonyl (C=O) groups excluding carboxylic acids is 1. The molecule has 1 aliphatic heterocycles.